The van der Waals surface area contributed by atoms with E-state index in [-0.39, 0.29) is 5.56 Å². The Balaban J connectivity index is 1.10. The van der Waals surface area contributed by atoms with E-state index < -0.39 is 0 Å². The molecule has 0 spiro atoms. The predicted molar refractivity (Wildman–Crippen MR) is 220 cm³/mol. The molecule has 0 N–H and O–H groups in total. The number of fused-ring (bicyclic) bond motifs is 11. The first-order chi connectivity index (χ1) is 26.2. The van der Waals surface area contributed by atoms with Gasteiger partial charge >= 0.3 is 0 Å². The summed E-state index contributed by atoms with van der Waals surface area (Å²) in [5.41, 5.74) is 11.4. The maximum atomic E-state index is 13.9. The van der Waals surface area contributed by atoms with Crippen molar-refractivity contribution >= 4 is 81.7 Å². The van der Waals surface area contributed by atoms with Crippen molar-refractivity contribution < 1.29 is 4.42 Å². The van der Waals surface area contributed by atoms with Crippen molar-refractivity contribution in [3.63, 3.8) is 0 Å². The maximum Gasteiger partial charge on any atom is 0.263 e. The van der Waals surface area contributed by atoms with Crippen LogP contribution in [0.15, 0.2) is 179 Å². The van der Waals surface area contributed by atoms with Gasteiger partial charge in [-0.1, -0.05) is 115 Å². The van der Waals surface area contributed by atoms with Crippen LogP contribution in [0.4, 0.5) is 0 Å². The molecule has 4 aromatic heterocycles. The van der Waals surface area contributed by atoms with Gasteiger partial charge in [0.05, 0.1) is 22.1 Å². The lowest BCUT2D eigenvalue weighted by atomic mass is 9.94. The van der Waals surface area contributed by atoms with Crippen LogP contribution < -0.4 is 5.56 Å². The summed E-state index contributed by atoms with van der Waals surface area (Å²) in [6, 6.07) is 59.5. The molecule has 246 valence electrons. The van der Waals surface area contributed by atoms with Crippen molar-refractivity contribution in [2.75, 3.05) is 0 Å². The van der Waals surface area contributed by atoms with Crippen molar-refractivity contribution in [2.24, 2.45) is 0 Å². The number of pyridine rings is 1. The average molecular weight is 677 g/mol. The highest BCUT2D eigenvalue weighted by Gasteiger charge is 2.21. The number of hydrogen-bond donors (Lipinski definition) is 0. The van der Waals surface area contributed by atoms with Gasteiger partial charge in [-0.25, -0.2) is 0 Å². The van der Waals surface area contributed by atoms with Crippen LogP contribution in [0, 0.1) is 0 Å². The number of furan rings is 1. The van der Waals surface area contributed by atoms with Gasteiger partial charge in [0.1, 0.15) is 11.2 Å². The topological polar surface area (TPSA) is 39.5 Å². The molecule has 0 bridgehead atoms. The van der Waals surface area contributed by atoms with E-state index in [9.17, 15) is 4.79 Å². The third-order valence-electron chi connectivity index (χ3n) is 11.2. The Labute approximate surface area is 302 Å². The van der Waals surface area contributed by atoms with Crippen LogP contribution in [-0.2, 0) is 0 Å². The number of rotatable bonds is 3. The lowest BCUT2D eigenvalue weighted by Crippen LogP contribution is -2.12. The van der Waals surface area contributed by atoms with Crippen LogP contribution >= 0.6 is 0 Å². The summed E-state index contributed by atoms with van der Waals surface area (Å²) in [7, 11) is 0. The quantitative estimate of drug-likeness (QED) is 0.175. The summed E-state index contributed by atoms with van der Waals surface area (Å²) >= 11 is 0. The number of hydrogen-bond acceptors (Lipinski definition) is 2. The Morgan fingerprint density at radius 2 is 0.981 bits per heavy atom. The van der Waals surface area contributed by atoms with E-state index in [0.717, 1.165) is 87.8 Å². The minimum Gasteiger partial charge on any atom is -0.455 e. The highest BCUT2D eigenvalue weighted by molar-refractivity contribution is 6.23. The Bertz CT molecular complexity index is 3490. The third kappa shape index (κ3) is 3.81. The van der Waals surface area contributed by atoms with Gasteiger partial charge < -0.3 is 8.98 Å². The highest BCUT2D eigenvalue weighted by Crippen LogP contribution is 2.44. The molecule has 0 aliphatic heterocycles. The zero-order chi connectivity index (χ0) is 34.8. The number of para-hydroxylation sites is 4. The molecule has 4 nitrogen and oxygen atoms in total. The zero-order valence-electron chi connectivity index (χ0n) is 28.4. The number of aromatic nitrogens is 2. The second-order valence-electron chi connectivity index (χ2n) is 14.0. The van der Waals surface area contributed by atoms with Crippen molar-refractivity contribution in [2.45, 2.75) is 0 Å². The minimum absolute atomic E-state index is 0.0183. The molecule has 0 saturated carbocycles. The SMILES string of the molecule is O=c1c2ccccc2c2cc(-c3cccc4oc5c(-c6cccc(-n7c8ccccc8c8ccccc87)c6)cccc5c34)cc3c4ccccc4n1c23. The molecular formula is C49H28N2O2. The first-order valence-electron chi connectivity index (χ1n) is 18.0. The zero-order valence-corrected chi connectivity index (χ0v) is 28.4. The standard InChI is InChI=1S/C49H28N2O2/c52-49-38-18-2-1-14-34(38)40-27-30(28-41-37-17-5-8-24-44(37)51(49)47(40)41)32-19-11-25-45-46(32)39-21-10-20-33(48(39)53-45)29-12-9-13-31(26-29)50-42-22-6-3-15-35(42)36-16-4-7-23-43(36)50/h1-28H. The summed E-state index contributed by atoms with van der Waals surface area (Å²) in [4.78, 5) is 13.9. The summed E-state index contributed by atoms with van der Waals surface area (Å²) in [6.45, 7) is 0. The van der Waals surface area contributed by atoms with Gasteiger partial charge in [0.2, 0.25) is 0 Å². The molecule has 0 fully saturated rings. The molecule has 4 heterocycles. The van der Waals surface area contributed by atoms with Gasteiger partial charge in [-0.15, -0.1) is 0 Å². The van der Waals surface area contributed by atoms with Crippen molar-refractivity contribution in [3.05, 3.63) is 180 Å². The summed E-state index contributed by atoms with van der Waals surface area (Å²) in [6.07, 6.45) is 0. The van der Waals surface area contributed by atoms with Crippen LogP contribution in [-0.4, -0.2) is 8.97 Å². The van der Waals surface area contributed by atoms with Gasteiger partial charge in [-0.05, 0) is 76.7 Å². The van der Waals surface area contributed by atoms with Crippen molar-refractivity contribution in [1.29, 1.82) is 0 Å². The molecule has 8 aromatic carbocycles. The van der Waals surface area contributed by atoms with Gasteiger partial charge in [0.25, 0.3) is 5.56 Å². The molecule has 12 aromatic rings. The monoisotopic (exact) mass is 676 g/mol. The Morgan fingerprint density at radius 1 is 0.415 bits per heavy atom. The lowest BCUT2D eigenvalue weighted by molar-refractivity contribution is 0.670. The Morgan fingerprint density at radius 3 is 1.74 bits per heavy atom. The molecule has 0 radical (unpaired) electrons. The smallest absolute Gasteiger partial charge is 0.263 e. The van der Waals surface area contributed by atoms with Crippen LogP contribution in [0.2, 0.25) is 0 Å². The third-order valence-corrected chi connectivity index (χ3v) is 11.2. The van der Waals surface area contributed by atoms with Gasteiger partial charge in [-0.2, -0.15) is 0 Å². The Kier molecular flexibility index (Phi) is 5.62. The molecule has 4 heteroatoms. The van der Waals surface area contributed by atoms with E-state index in [1.54, 1.807) is 0 Å². The largest absolute Gasteiger partial charge is 0.455 e. The highest BCUT2D eigenvalue weighted by atomic mass is 16.3. The van der Waals surface area contributed by atoms with E-state index in [0.29, 0.717) is 0 Å². The molecule has 0 unspecified atom stereocenters. The molecule has 0 aliphatic carbocycles. The molecule has 0 saturated heterocycles. The molecule has 0 amide bonds. The van der Waals surface area contributed by atoms with Gasteiger partial charge in [-0.3, -0.25) is 9.20 Å². The van der Waals surface area contributed by atoms with E-state index in [1.807, 2.05) is 34.7 Å². The molecule has 53 heavy (non-hydrogen) atoms. The molecule has 12 rings (SSSR count). The fourth-order valence-corrected chi connectivity index (χ4v) is 9.02. The minimum atomic E-state index is 0.0183. The normalized spacial score (nSPS) is 12.2. The number of benzene rings is 8. The first-order valence-corrected chi connectivity index (χ1v) is 18.0. The molecular weight excluding hydrogens is 649 g/mol. The van der Waals surface area contributed by atoms with E-state index in [1.165, 1.54) is 21.8 Å². The van der Waals surface area contributed by atoms with Crippen LogP contribution in [0.3, 0.4) is 0 Å². The summed E-state index contributed by atoms with van der Waals surface area (Å²) < 4.78 is 11.1. The lowest BCUT2D eigenvalue weighted by Gasteiger charge is -2.11. The molecule has 0 aliphatic rings. The summed E-state index contributed by atoms with van der Waals surface area (Å²) in [5, 5.41) is 9.54. The summed E-state index contributed by atoms with van der Waals surface area (Å²) in [5.74, 6) is 0. The van der Waals surface area contributed by atoms with E-state index >= 15 is 0 Å². The van der Waals surface area contributed by atoms with Gasteiger partial charge in [0, 0.05) is 54.3 Å². The molecule has 0 atom stereocenters. The van der Waals surface area contributed by atoms with Gasteiger partial charge in [0.15, 0.2) is 0 Å². The van der Waals surface area contributed by atoms with Crippen molar-refractivity contribution in [3.8, 4) is 27.9 Å². The second kappa shape index (κ2) is 10.4. The fourth-order valence-electron chi connectivity index (χ4n) is 9.02. The predicted octanol–water partition coefficient (Wildman–Crippen LogP) is 12.5. The van der Waals surface area contributed by atoms with Crippen LogP contribution in [0.5, 0.6) is 0 Å². The van der Waals surface area contributed by atoms with Crippen LogP contribution in [0.25, 0.3) is 110 Å². The maximum absolute atomic E-state index is 13.9. The number of nitrogens with zero attached hydrogens (tertiary/aromatic N) is 2. The fraction of sp³-hybridized carbons (Fsp3) is 0. The van der Waals surface area contributed by atoms with E-state index in [2.05, 4.69) is 144 Å². The average Bonchev–Trinajstić information content (AvgIpc) is 3.88. The Hall–Kier alpha value is -7.17. The van der Waals surface area contributed by atoms with Crippen LogP contribution in [0.1, 0.15) is 0 Å². The second-order valence-corrected chi connectivity index (χ2v) is 14.0. The van der Waals surface area contributed by atoms with E-state index in [4.69, 9.17) is 4.42 Å². The van der Waals surface area contributed by atoms with Crippen molar-refractivity contribution in [1.82, 2.24) is 8.97 Å². The first kappa shape index (κ1) is 28.5.